The third-order valence-corrected chi connectivity index (χ3v) is 5.41. The molecule has 0 bridgehead atoms. The van der Waals surface area contributed by atoms with E-state index in [1.165, 1.54) is 11.3 Å². The Morgan fingerprint density at radius 3 is 3.11 bits per heavy atom. The van der Waals surface area contributed by atoms with Crippen molar-refractivity contribution in [2.75, 3.05) is 31.7 Å². The van der Waals surface area contributed by atoms with Crippen LogP contribution in [0, 0.1) is 0 Å². The predicted molar refractivity (Wildman–Crippen MR) is 76.0 cm³/mol. The molecule has 0 saturated heterocycles. The van der Waals surface area contributed by atoms with Crippen LogP contribution in [0.2, 0.25) is 0 Å². The van der Waals surface area contributed by atoms with E-state index in [0.717, 1.165) is 15.0 Å². The lowest BCUT2D eigenvalue weighted by atomic mass is 10.0. The number of amides is 1. The highest BCUT2D eigenvalue weighted by Gasteiger charge is 2.36. The molecule has 19 heavy (non-hydrogen) atoms. The molecule has 104 valence electrons. The van der Waals surface area contributed by atoms with E-state index >= 15 is 0 Å². The summed E-state index contributed by atoms with van der Waals surface area (Å²) >= 11 is 4.83. The molecule has 1 aromatic heterocycles. The number of anilines is 1. The molecule has 2 atom stereocenters. The zero-order valence-corrected chi connectivity index (χ0v) is 12.8. The average Bonchev–Trinajstić information content (AvgIpc) is 2.60. The summed E-state index contributed by atoms with van der Waals surface area (Å²) in [5.74, 6) is -0.0891. The number of alkyl halides is 1. The number of halogens is 2. The molecule has 1 aromatic rings. The summed E-state index contributed by atoms with van der Waals surface area (Å²) in [6.45, 7) is 1.37. The maximum atomic E-state index is 13.9. The molecule has 0 aliphatic carbocycles. The summed E-state index contributed by atoms with van der Waals surface area (Å²) in [5.41, 5.74) is 1.83. The summed E-state index contributed by atoms with van der Waals surface area (Å²) in [6.07, 6.45) is -0.506. The van der Waals surface area contributed by atoms with Gasteiger partial charge in [0.1, 0.15) is 11.0 Å². The fourth-order valence-electron chi connectivity index (χ4n) is 2.74. The minimum absolute atomic E-state index is 0.0891. The fraction of sp³-hybridized carbons (Fsp3) is 0.583. The predicted octanol–water partition coefficient (Wildman–Crippen LogP) is 1.97. The third-order valence-electron chi connectivity index (χ3n) is 3.44. The van der Waals surface area contributed by atoms with Crippen molar-refractivity contribution < 1.29 is 13.9 Å². The van der Waals surface area contributed by atoms with Crippen molar-refractivity contribution in [2.24, 2.45) is 0 Å². The Hall–Kier alpha value is -0.660. The molecule has 1 N–H and O–H groups in total. The van der Waals surface area contributed by atoms with Crippen molar-refractivity contribution in [3.63, 3.8) is 0 Å². The molecule has 0 saturated carbocycles. The number of carbonyl (C=O) groups excluding carboxylic acids is 1. The summed E-state index contributed by atoms with van der Waals surface area (Å²) in [4.78, 5) is 14.9. The van der Waals surface area contributed by atoms with E-state index in [9.17, 15) is 9.18 Å². The van der Waals surface area contributed by atoms with Crippen molar-refractivity contribution in [2.45, 2.75) is 18.6 Å². The minimum atomic E-state index is -0.886. The Morgan fingerprint density at radius 2 is 2.37 bits per heavy atom. The molecular weight excluding hydrogens is 335 g/mol. The largest absolute Gasteiger partial charge is 0.382 e. The van der Waals surface area contributed by atoms with Crippen LogP contribution < -0.4 is 10.2 Å². The van der Waals surface area contributed by atoms with Gasteiger partial charge in [0.05, 0.1) is 22.1 Å². The maximum absolute atomic E-state index is 13.9. The van der Waals surface area contributed by atoms with Gasteiger partial charge in [-0.1, -0.05) is 0 Å². The first kappa shape index (κ1) is 13.3. The summed E-state index contributed by atoms with van der Waals surface area (Å²) < 4.78 is 19.8. The summed E-state index contributed by atoms with van der Waals surface area (Å²) in [6, 6.07) is -0.103. The number of carbonyl (C=O) groups is 1. The van der Waals surface area contributed by atoms with Gasteiger partial charge in [0.15, 0.2) is 0 Å². The highest BCUT2D eigenvalue weighted by Crippen LogP contribution is 2.44. The number of thiophene rings is 1. The van der Waals surface area contributed by atoms with Gasteiger partial charge < -0.3 is 15.0 Å². The van der Waals surface area contributed by atoms with Crippen molar-refractivity contribution in [3.05, 3.63) is 14.2 Å². The van der Waals surface area contributed by atoms with Gasteiger partial charge in [-0.15, -0.1) is 11.3 Å². The Balaban J connectivity index is 2.03. The van der Waals surface area contributed by atoms with Gasteiger partial charge >= 0.3 is 0 Å². The van der Waals surface area contributed by atoms with Gasteiger partial charge in [0.25, 0.3) is 5.91 Å². The normalized spacial score (nSPS) is 25.8. The Kier molecular flexibility index (Phi) is 3.53. The Labute approximate surface area is 123 Å². The molecule has 1 amide bonds. The van der Waals surface area contributed by atoms with Crippen molar-refractivity contribution >= 4 is 38.9 Å². The monoisotopic (exact) mass is 348 g/mol. The minimum Gasteiger partial charge on any atom is -0.382 e. The molecule has 4 nitrogen and oxygen atoms in total. The van der Waals surface area contributed by atoms with Crippen molar-refractivity contribution in [1.82, 2.24) is 5.32 Å². The van der Waals surface area contributed by atoms with Gasteiger partial charge in [-0.05, 0) is 15.9 Å². The quantitative estimate of drug-likeness (QED) is 0.888. The lowest BCUT2D eigenvalue weighted by Gasteiger charge is -2.32. The number of methoxy groups -OCH3 is 1. The van der Waals surface area contributed by atoms with Crippen LogP contribution in [0.4, 0.5) is 10.1 Å². The maximum Gasteiger partial charge on any atom is 0.263 e. The molecule has 7 heteroatoms. The van der Waals surface area contributed by atoms with E-state index in [0.29, 0.717) is 31.0 Å². The van der Waals surface area contributed by atoms with Crippen LogP contribution in [0.5, 0.6) is 0 Å². The second-order valence-electron chi connectivity index (χ2n) is 4.86. The molecule has 3 heterocycles. The second-order valence-corrected chi connectivity index (χ2v) is 7.20. The Morgan fingerprint density at radius 1 is 1.58 bits per heavy atom. The first-order chi connectivity index (χ1) is 9.10. The highest BCUT2D eigenvalue weighted by atomic mass is 79.9. The van der Waals surface area contributed by atoms with E-state index in [-0.39, 0.29) is 11.9 Å². The van der Waals surface area contributed by atoms with Gasteiger partial charge in [0.2, 0.25) is 0 Å². The molecule has 0 spiro atoms. The smallest absolute Gasteiger partial charge is 0.263 e. The van der Waals surface area contributed by atoms with E-state index in [1.54, 1.807) is 7.11 Å². The number of nitrogens with one attached hydrogen (secondary N) is 1. The number of hydrogen-bond acceptors (Lipinski definition) is 4. The molecule has 0 aromatic carbocycles. The van der Waals surface area contributed by atoms with E-state index in [4.69, 9.17) is 4.74 Å². The van der Waals surface area contributed by atoms with Crippen LogP contribution in [0.1, 0.15) is 15.2 Å². The number of hydrogen-bond donors (Lipinski definition) is 1. The van der Waals surface area contributed by atoms with Gasteiger partial charge in [-0.25, -0.2) is 4.39 Å². The number of ether oxygens (including phenoxy) is 1. The van der Waals surface area contributed by atoms with Crippen LogP contribution in [-0.4, -0.2) is 44.9 Å². The Bertz CT molecular complexity index is 522. The highest BCUT2D eigenvalue weighted by molar-refractivity contribution is 9.11. The van der Waals surface area contributed by atoms with Crippen LogP contribution in [-0.2, 0) is 11.2 Å². The molecular formula is C12H14BrFN2O2S. The standard InChI is InChI=1S/C12H14BrFN2O2S/c1-18-5-7-4-16-3-6(14)2-8-9(16)10(12(17)15-7)19-11(8)13/h6-7H,2-5H2,1H3,(H,15,17)/t6-,7+/m0/s1. The van der Waals surface area contributed by atoms with Crippen LogP contribution in [0.25, 0.3) is 0 Å². The first-order valence-electron chi connectivity index (χ1n) is 6.10. The summed E-state index contributed by atoms with van der Waals surface area (Å²) in [7, 11) is 1.60. The van der Waals surface area contributed by atoms with Crippen LogP contribution >= 0.6 is 27.3 Å². The lowest BCUT2D eigenvalue weighted by Crippen LogP contribution is -2.46. The average molecular weight is 349 g/mol. The second kappa shape index (κ2) is 5.03. The molecule has 0 radical (unpaired) electrons. The van der Waals surface area contributed by atoms with E-state index < -0.39 is 6.17 Å². The zero-order valence-electron chi connectivity index (χ0n) is 10.4. The topological polar surface area (TPSA) is 41.6 Å². The van der Waals surface area contributed by atoms with Crippen molar-refractivity contribution in [1.29, 1.82) is 0 Å². The third kappa shape index (κ3) is 2.28. The lowest BCUT2D eigenvalue weighted by molar-refractivity contribution is 0.0910. The van der Waals surface area contributed by atoms with E-state index in [2.05, 4.69) is 21.2 Å². The first-order valence-corrected chi connectivity index (χ1v) is 7.71. The van der Waals surface area contributed by atoms with Gasteiger partial charge in [-0.3, -0.25) is 4.79 Å². The van der Waals surface area contributed by atoms with E-state index in [1.807, 2.05) is 4.90 Å². The van der Waals surface area contributed by atoms with Gasteiger partial charge in [-0.2, -0.15) is 0 Å². The molecule has 2 aliphatic rings. The SMILES string of the molecule is COC[C@H]1CN2C[C@@H](F)Cc3c(Br)sc(c32)C(=O)N1. The van der Waals surface area contributed by atoms with Crippen LogP contribution in [0.15, 0.2) is 3.79 Å². The molecule has 2 aliphatic heterocycles. The molecule has 0 unspecified atom stereocenters. The molecule has 0 fully saturated rings. The molecule has 3 rings (SSSR count). The summed E-state index contributed by atoms with van der Waals surface area (Å²) in [5, 5.41) is 2.94. The fourth-order valence-corrected chi connectivity index (χ4v) is 4.55. The van der Waals surface area contributed by atoms with Crippen LogP contribution in [0.3, 0.4) is 0 Å². The number of rotatable bonds is 2. The van der Waals surface area contributed by atoms with Crippen molar-refractivity contribution in [3.8, 4) is 0 Å². The zero-order chi connectivity index (χ0) is 13.6. The number of nitrogens with zero attached hydrogens (tertiary/aromatic N) is 1. The van der Waals surface area contributed by atoms with Gasteiger partial charge in [0, 0.05) is 32.2 Å².